The molecule has 0 spiro atoms. The van der Waals surface area contributed by atoms with Crippen LogP contribution in [0.5, 0.6) is 0 Å². The maximum atomic E-state index is 5.19. The van der Waals surface area contributed by atoms with Gasteiger partial charge in [0.1, 0.15) is 10.5 Å². The van der Waals surface area contributed by atoms with Gasteiger partial charge in [0.05, 0.1) is 0 Å². The highest BCUT2D eigenvalue weighted by Crippen LogP contribution is 2.30. The van der Waals surface area contributed by atoms with E-state index in [9.17, 15) is 0 Å². The lowest BCUT2D eigenvalue weighted by Gasteiger charge is -2.21. The molecule has 0 unspecified atom stereocenters. The predicted molar refractivity (Wildman–Crippen MR) is 64.6 cm³/mol. The Balaban J connectivity index is 2.26. The third-order valence-corrected chi connectivity index (χ3v) is 3.40. The molecule has 3 heteroatoms. The monoisotopic (exact) mass is 222 g/mol. The summed E-state index contributed by atoms with van der Waals surface area (Å²) in [4.78, 5) is 7.89. The van der Waals surface area contributed by atoms with Crippen molar-refractivity contribution < 1.29 is 0 Å². The minimum absolute atomic E-state index is 0.618. The lowest BCUT2D eigenvalue weighted by Crippen LogP contribution is -2.10. The van der Waals surface area contributed by atoms with Crippen molar-refractivity contribution >= 4 is 12.2 Å². The Bertz CT molecular complexity index is 377. The van der Waals surface area contributed by atoms with E-state index in [0.29, 0.717) is 5.92 Å². The zero-order chi connectivity index (χ0) is 10.7. The SMILES string of the molecule is CCc1cc(=S)nc(C2CCCCC2)[nH]1. The average Bonchev–Trinajstić information content (AvgIpc) is 2.29. The van der Waals surface area contributed by atoms with Crippen molar-refractivity contribution in [2.24, 2.45) is 0 Å². The number of H-pyrrole nitrogens is 1. The Morgan fingerprint density at radius 3 is 2.80 bits per heavy atom. The van der Waals surface area contributed by atoms with Crippen LogP contribution in [0.4, 0.5) is 0 Å². The van der Waals surface area contributed by atoms with Gasteiger partial charge in [-0.2, -0.15) is 0 Å². The highest BCUT2D eigenvalue weighted by atomic mass is 32.1. The minimum atomic E-state index is 0.618. The van der Waals surface area contributed by atoms with Gasteiger partial charge in [0.25, 0.3) is 0 Å². The third kappa shape index (κ3) is 2.65. The minimum Gasteiger partial charge on any atom is -0.347 e. The largest absolute Gasteiger partial charge is 0.347 e. The normalized spacial score (nSPS) is 17.9. The molecule has 2 rings (SSSR count). The molecule has 0 bridgehead atoms. The molecule has 1 fully saturated rings. The van der Waals surface area contributed by atoms with Crippen LogP contribution >= 0.6 is 12.2 Å². The molecule has 0 saturated heterocycles. The van der Waals surface area contributed by atoms with E-state index in [0.717, 1.165) is 16.9 Å². The van der Waals surface area contributed by atoms with Crippen LogP contribution in [-0.2, 0) is 6.42 Å². The molecule has 0 atom stereocenters. The molecule has 0 amide bonds. The van der Waals surface area contributed by atoms with E-state index in [1.165, 1.54) is 37.8 Å². The van der Waals surface area contributed by atoms with Crippen molar-refractivity contribution in [3.05, 3.63) is 22.2 Å². The van der Waals surface area contributed by atoms with Crippen LogP contribution in [-0.4, -0.2) is 9.97 Å². The molecular formula is C12H18N2S. The van der Waals surface area contributed by atoms with Gasteiger partial charge >= 0.3 is 0 Å². The zero-order valence-corrected chi connectivity index (χ0v) is 10.1. The van der Waals surface area contributed by atoms with E-state index in [-0.39, 0.29) is 0 Å². The maximum Gasteiger partial charge on any atom is 0.129 e. The Morgan fingerprint density at radius 1 is 1.40 bits per heavy atom. The summed E-state index contributed by atoms with van der Waals surface area (Å²) in [5.41, 5.74) is 1.22. The van der Waals surface area contributed by atoms with Gasteiger partial charge in [-0.05, 0) is 25.3 Å². The molecule has 0 aliphatic heterocycles. The molecule has 82 valence electrons. The number of nitrogens with one attached hydrogen (secondary N) is 1. The van der Waals surface area contributed by atoms with E-state index in [1.807, 2.05) is 6.07 Å². The number of hydrogen-bond acceptors (Lipinski definition) is 2. The van der Waals surface area contributed by atoms with E-state index in [4.69, 9.17) is 12.2 Å². The number of aryl methyl sites for hydroxylation is 1. The van der Waals surface area contributed by atoms with Gasteiger partial charge in [-0.15, -0.1) is 0 Å². The highest BCUT2D eigenvalue weighted by molar-refractivity contribution is 7.71. The Labute approximate surface area is 96.1 Å². The molecule has 1 N–H and O–H groups in total. The lowest BCUT2D eigenvalue weighted by atomic mass is 9.88. The van der Waals surface area contributed by atoms with E-state index >= 15 is 0 Å². The first kappa shape index (κ1) is 10.8. The Morgan fingerprint density at radius 2 is 2.13 bits per heavy atom. The Hall–Kier alpha value is -0.700. The van der Waals surface area contributed by atoms with Gasteiger partial charge in [0.2, 0.25) is 0 Å². The smallest absolute Gasteiger partial charge is 0.129 e. The third-order valence-electron chi connectivity index (χ3n) is 3.19. The van der Waals surface area contributed by atoms with Crippen LogP contribution in [0.15, 0.2) is 6.07 Å². The molecule has 1 aromatic heterocycles. The van der Waals surface area contributed by atoms with Crippen molar-refractivity contribution in [1.29, 1.82) is 0 Å². The predicted octanol–water partition coefficient (Wildman–Crippen LogP) is 3.75. The second-order valence-electron chi connectivity index (χ2n) is 4.32. The van der Waals surface area contributed by atoms with Gasteiger partial charge in [0, 0.05) is 11.6 Å². The second kappa shape index (κ2) is 4.88. The highest BCUT2D eigenvalue weighted by Gasteiger charge is 2.17. The van der Waals surface area contributed by atoms with Gasteiger partial charge < -0.3 is 4.98 Å². The molecule has 0 radical (unpaired) electrons. The van der Waals surface area contributed by atoms with Crippen molar-refractivity contribution in [3.8, 4) is 0 Å². The quantitative estimate of drug-likeness (QED) is 0.772. The van der Waals surface area contributed by atoms with Gasteiger partial charge in [0.15, 0.2) is 0 Å². The number of nitrogens with zero attached hydrogens (tertiary/aromatic N) is 1. The number of rotatable bonds is 2. The topological polar surface area (TPSA) is 28.7 Å². The Kier molecular flexibility index (Phi) is 3.52. The molecule has 1 saturated carbocycles. The average molecular weight is 222 g/mol. The van der Waals surface area contributed by atoms with Crippen LogP contribution in [0.3, 0.4) is 0 Å². The molecule has 1 aliphatic rings. The van der Waals surface area contributed by atoms with E-state index in [1.54, 1.807) is 0 Å². The summed E-state index contributed by atoms with van der Waals surface area (Å²) in [6, 6.07) is 1.97. The first-order chi connectivity index (χ1) is 7.29. The van der Waals surface area contributed by atoms with E-state index < -0.39 is 0 Å². The first-order valence-electron chi connectivity index (χ1n) is 5.89. The fraction of sp³-hybridized carbons (Fsp3) is 0.667. The van der Waals surface area contributed by atoms with Crippen LogP contribution < -0.4 is 0 Å². The van der Waals surface area contributed by atoms with Crippen LogP contribution in [0.25, 0.3) is 0 Å². The fourth-order valence-corrected chi connectivity index (χ4v) is 2.53. The number of hydrogen-bond donors (Lipinski definition) is 1. The second-order valence-corrected chi connectivity index (χ2v) is 4.74. The van der Waals surface area contributed by atoms with Gasteiger partial charge in [-0.25, -0.2) is 4.98 Å². The number of aromatic amines is 1. The summed E-state index contributed by atoms with van der Waals surface area (Å²) in [5, 5.41) is 0. The van der Waals surface area contributed by atoms with Gasteiger partial charge in [-0.3, -0.25) is 0 Å². The summed E-state index contributed by atoms with van der Waals surface area (Å²) in [5.74, 6) is 1.74. The standard InChI is InChI=1S/C12H18N2S/c1-2-10-8-11(15)14-12(13-10)9-6-4-3-5-7-9/h8-9H,2-7H2,1H3,(H,13,14,15). The maximum absolute atomic E-state index is 5.19. The van der Waals surface area contributed by atoms with Crippen molar-refractivity contribution in [2.75, 3.05) is 0 Å². The van der Waals surface area contributed by atoms with Crippen molar-refractivity contribution in [2.45, 2.75) is 51.4 Å². The van der Waals surface area contributed by atoms with Crippen LogP contribution in [0, 0.1) is 4.64 Å². The summed E-state index contributed by atoms with van der Waals surface area (Å²) >= 11 is 5.19. The summed E-state index contributed by atoms with van der Waals surface area (Å²) in [7, 11) is 0. The van der Waals surface area contributed by atoms with Crippen molar-refractivity contribution in [1.82, 2.24) is 9.97 Å². The molecule has 1 heterocycles. The summed E-state index contributed by atoms with van der Waals surface area (Å²) in [6.07, 6.45) is 7.60. The summed E-state index contributed by atoms with van der Waals surface area (Å²) < 4.78 is 0.742. The fourth-order valence-electron chi connectivity index (χ4n) is 2.29. The van der Waals surface area contributed by atoms with Crippen LogP contribution in [0.1, 0.15) is 56.5 Å². The van der Waals surface area contributed by atoms with Crippen LogP contribution in [0.2, 0.25) is 0 Å². The van der Waals surface area contributed by atoms with E-state index in [2.05, 4.69) is 16.9 Å². The lowest BCUT2D eigenvalue weighted by molar-refractivity contribution is 0.427. The molecular weight excluding hydrogens is 204 g/mol. The molecule has 1 aromatic rings. The molecule has 0 aromatic carbocycles. The summed E-state index contributed by atoms with van der Waals surface area (Å²) in [6.45, 7) is 2.14. The number of aromatic nitrogens is 2. The zero-order valence-electron chi connectivity index (χ0n) is 9.25. The molecule has 2 nitrogen and oxygen atoms in total. The van der Waals surface area contributed by atoms with Gasteiger partial charge in [-0.1, -0.05) is 38.4 Å². The molecule has 1 aliphatic carbocycles. The first-order valence-corrected chi connectivity index (χ1v) is 6.30. The van der Waals surface area contributed by atoms with Crippen molar-refractivity contribution in [3.63, 3.8) is 0 Å². The molecule has 15 heavy (non-hydrogen) atoms.